The molecule has 0 aliphatic carbocycles. The molecule has 0 radical (unpaired) electrons. The third-order valence-electron chi connectivity index (χ3n) is 3.18. The lowest BCUT2D eigenvalue weighted by atomic mass is 10.1. The average Bonchev–Trinajstić information content (AvgIpc) is 2.46. The predicted octanol–water partition coefficient (Wildman–Crippen LogP) is 6.60. The molecular weight excluding hydrogens is 415 g/mol. The zero-order valence-corrected chi connectivity index (χ0v) is 14.9. The van der Waals surface area contributed by atoms with E-state index < -0.39 is 0 Å². The molecule has 0 aliphatic heterocycles. The van der Waals surface area contributed by atoms with Crippen LogP contribution in [0.4, 0.5) is 0 Å². The van der Waals surface area contributed by atoms with Crippen LogP contribution < -0.4 is 4.74 Å². The molecular formula is C17H11Br2ClO. The Bertz CT molecular complexity index is 802. The molecule has 0 aliphatic rings. The Morgan fingerprint density at radius 1 is 0.810 bits per heavy atom. The Morgan fingerprint density at radius 3 is 2.29 bits per heavy atom. The molecule has 3 aromatic rings. The predicted molar refractivity (Wildman–Crippen MR) is 95.1 cm³/mol. The second kappa shape index (κ2) is 6.39. The van der Waals surface area contributed by atoms with Crippen LogP contribution in [0.15, 0.2) is 63.5 Å². The molecule has 21 heavy (non-hydrogen) atoms. The molecule has 0 N–H and O–H groups in total. The maximum absolute atomic E-state index is 6.19. The lowest BCUT2D eigenvalue weighted by molar-refractivity contribution is 0.306. The van der Waals surface area contributed by atoms with E-state index in [0.717, 1.165) is 25.6 Å². The van der Waals surface area contributed by atoms with Gasteiger partial charge >= 0.3 is 0 Å². The largest absolute Gasteiger partial charge is 0.489 e. The summed E-state index contributed by atoms with van der Waals surface area (Å²) in [5.74, 6) is 0.837. The first-order chi connectivity index (χ1) is 10.1. The summed E-state index contributed by atoms with van der Waals surface area (Å²) in [6.07, 6.45) is 0. The van der Waals surface area contributed by atoms with Crippen molar-refractivity contribution >= 4 is 54.2 Å². The van der Waals surface area contributed by atoms with Crippen LogP contribution in [0.1, 0.15) is 5.56 Å². The van der Waals surface area contributed by atoms with Gasteiger partial charge in [0.1, 0.15) is 12.4 Å². The Hall–Kier alpha value is -1.03. The highest BCUT2D eigenvalue weighted by Crippen LogP contribution is 2.26. The smallest absolute Gasteiger partial charge is 0.120 e. The topological polar surface area (TPSA) is 9.23 Å². The summed E-state index contributed by atoms with van der Waals surface area (Å²) in [5, 5.41) is 3.03. The van der Waals surface area contributed by atoms with Crippen molar-refractivity contribution in [3.8, 4) is 5.75 Å². The van der Waals surface area contributed by atoms with Gasteiger partial charge in [0.05, 0.1) is 0 Å². The lowest BCUT2D eigenvalue weighted by Gasteiger charge is -2.09. The quantitative estimate of drug-likeness (QED) is 0.459. The van der Waals surface area contributed by atoms with Crippen molar-refractivity contribution in [2.24, 2.45) is 0 Å². The van der Waals surface area contributed by atoms with Gasteiger partial charge in [0, 0.05) is 19.5 Å². The summed E-state index contributed by atoms with van der Waals surface area (Å²) in [6.45, 7) is 0.453. The van der Waals surface area contributed by atoms with Crippen molar-refractivity contribution in [3.63, 3.8) is 0 Å². The van der Waals surface area contributed by atoms with E-state index in [2.05, 4.69) is 50.1 Å². The third kappa shape index (κ3) is 3.60. The van der Waals surface area contributed by atoms with Crippen molar-refractivity contribution in [3.05, 3.63) is 74.1 Å². The first-order valence-electron chi connectivity index (χ1n) is 6.38. The van der Waals surface area contributed by atoms with Crippen molar-refractivity contribution < 1.29 is 4.74 Å². The first kappa shape index (κ1) is 14.9. The molecule has 0 unspecified atom stereocenters. The van der Waals surface area contributed by atoms with Crippen LogP contribution >= 0.6 is 43.5 Å². The Labute approximate surface area is 145 Å². The van der Waals surface area contributed by atoms with Crippen molar-refractivity contribution in [2.75, 3.05) is 0 Å². The SMILES string of the molecule is Clc1cc(Br)ccc1COc1ccc2cc(Br)ccc2c1. The molecule has 0 bridgehead atoms. The second-order valence-electron chi connectivity index (χ2n) is 4.68. The number of halogens is 3. The van der Waals surface area contributed by atoms with Gasteiger partial charge < -0.3 is 4.74 Å². The number of rotatable bonds is 3. The summed E-state index contributed by atoms with van der Waals surface area (Å²) >= 11 is 13.1. The molecule has 0 spiro atoms. The van der Waals surface area contributed by atoms with Gasteiger partial charge in [0.2, 0.25) is 0 Å². The minimum atomic E-state index is 0.453. The minimum absolute atomic E-state index is 0.453. The number of fused-ring (bicyclic) bond motifs is 1. The number of hydrogen-bond acceptors (Lipinski definition) is 1. The summed E-state index contributed by atoms with van der Waals surface area (Å²) in [7, 11) is 0. The zero-order valence-electron chi connectivity index (χ0n) is 10.9. The fraction of sp³-hybridized carbons (Fsp3) is 0.0588. The highest BCUT2D eigenvalue weighted by Gasteiger charge is 2.03. The van der Waals surface area contributed by atoms with E-state index in [0.29, 0.717) is 11.6 Å². The van der Waals surface area contributed by atoms with Gasteiger partial charge in [-0.2, -0.15) is 0 Å². The van der Waals surface area contributed by atoms with Gasteiger partial charge in [-0.1, -0.05) is 61.7 Å². The van der Waals surface area contributed by atoms with E-state index in [1.54, 1.807) is 0 Å². The number of hydrogen-bond donors (Lipinski definition) is 0. The molecule has 0 fully saturated rings. The minimum Gasteiger partial charge on any atom is -0.489 e. The van der Waals surface area contributed by atoms with Crippen molar-refractivity contribution in [1.82, 2.24) is 0 Å². The zero-order chi connectivity index (χ0) is 14.8. The van der Waals surface area contributed by atoms with Crippen LogP contribution in [0.25, 0.3) is 10.8 Å². The summed E-state index contributed by atoms with van der Waals surface area (Å²) in [5.41, 5.74) is 0.968. The second-order valence-corrected chi connectivity index (χ2v) is 6.92. The van der Waals surface area contributed by atoms with E-state index in [1.165, 1.54) is 5.39 Å². The van der Waals surface area contributed by atoms with Gasteiger partial charge in [0.25, 0.3) is 0 Å². The molecule has 1 nitrogen and oxygen atoms in total. The molecule has 0 heterocycles. The van der Waals surface area contributed by atoms with Crippen molar-refractivity contribution in [1.29, 1.82) is 0 Å². The highest BCUT2D eigenvalue weighted by atomic mass is 79.9. The van der Waals surface area contributed by atoms with E-state index in [4.69, 9.17) is 16.3 Å². The van der Waals surface area contributed by atoms with Crippen LogP contribution in [0.2, 0.25) is 5.02 Å². The van der Waals surface area contributed by atoms with E-state index in [-0.39, 0.29) is 0 Å². The van der Waals surface area contributed by atoms with E-state index in [1.807, 2.05) is 36.4 Å². The van der Waals surface area contributed by atoms with E-state index >= 15 is 0 Å². The third-order valence-corrected chi connectivity index (χ3v) is 4.52. The van der Waals surface area contributed by atoms with E-state index in [9.17, 15) is 0 Å². The average molecular weight is 427 g/mol. The lowest BCUT2D eigenvalue weighted by Crippen LogP contribution is -1.96. The first-order valence-corrected chi connectivity index (χ1v) is 8.34. The highest BCUT2D eigenvalue weighted by molar-refractivity contribution is 9.10. The van der Waals surface area contributed by atoms with Crippen LogP contribution in [0, 0.1) is 0 Å². The molecule has 0 saturated heterocycles. The molecule has 0 saturated carbocycles. The van der Waals surface area contributed by atoms with Gasteiger partial charge in [-0.05, 0) is 47.2 Å². The van der Waals surface area contributed by atoms with Crippen molar-refractivity contribution in [2.45, 2.75) is 6.61 Å². The molecule has 0 atom stereocenters. The summed E-state index contributed by atoms with van der Waals surface area (Å²) in [4.78, 5) is 0. The van der Waals surface area contributed by atoms with Gasteiger partial charge in [-0.3, -0.25) is 0 Å². The maximum atomic E-state index is 6.19. The maximum Gasteiger partial charge on any atom is 0.120 e. The Balaban J connectivity index is 1.80. The standard InChI is InChI=1S/C17H11Br2ClO/c18-14-4-1-12-8-16(6-3-11(12)7-14)21-10-13-2-5-15(19)9-17(13)20/h1-9H,10H2. The van der Waals surface area contributed by atoms with Gasteiger partial charge in [-0.25, -0.2) is 0 Å². The van der Waals surface area contributed by atoms with Crippen LogP contribution in [-0.2, 0) is 6.61 Å². The molecule has 0 aromatic heterocycles. The molecule has 106 valence electrons. The van der Waals surface area contributed by atoms with Gasteiger partial charge in [-0.15, -0.1) is 0 Å². The number of benzene rings is 3. The van der Waals surface area contributed by atoms with Crippen LogP contribution in [-0.4, -0.2) is 0 Å². The fourth-order valence-corrected chi connectivity index (χ4v) is 3.19. The van der Waals surface area contributed by atoms with Gasteiger partial charge in [0.15, 0.2) is 0 Å². The molecule has 0 amide bonds. The van der Waals surface area contributed by atoms with Crippen LogP contribution in [0.5, 0.6) is 5.75 Å². The molecule has 3 rings (SSSR count). The summed E-state index contributed by atoms with van der Waals surface area (Å²) < 4.78 is 7.88. The Morgan fingerprint density at radius 2 is 1.48 bits per heavy atom. The monoisotopic (exact) mass is 424 g/mol. The molecule has 3 aromatic carbocycles. The Kier molecular flexibility index (Phi) is 4.53. The number of ether oxygens (including phenoxy) is 1. The molecule has 4 heteroatoms. The van der Waals surface area contributed by atoms with Crippen LogP contribution in [0.3, 0.4) is 0 Å². The normalized spacial score (nSPS) is 10.8. The summed E-state index contributed by atoms with van der Waals surface area (Å²) in [6, 6.07) is 18.0. The fourth-order valence-electron chi connectivity index (χ4n) is 2.08.